The molecule has 3 N–H and O–H groups in total. The molecule has 0 unspecified atom stereocenters. The summed E-state index contributed by atoms with van der Waals surface area (Å²) < 4.78 is 0. The Hall–Kier alpha value is -1.32. The standard InChI is InChI=1S/C11H18N4/c12-10-7-13-8-11(15-10)14-6-9-4-2-1-3-5-9/h7-9H,1-6H2,(H3,12,14,15). The summed E-state index contributed by atoms with van der Waals surface area (Å²) in [5, 5.41) is 3.30. The van der Waals surface area contributed by atoms with E-state index in [-0.39, 0.29) is 0 Å². The summed E-state index contributed by atoms with van der Waals surface area (Å²) in [5.74, 6) is 2.06. The van der Waals surface area contributed by atoms with Gasteiger partial charge in [0.1, 0.15) is 11.6 Å². The van der Waals surface area contributed by atoms with Crippen LogP contribution in [-0.4, -0.2) is 16.5 Å². The third-order valence-electron chi connectivity index (χ3n) is 2.95. The summed E-state index contributed by atoms with van der Waals surface area (Å²) in [6.07, 6.45) is 10.1. The fourth-order valence-electron chi connectivity index (χ4n) is 2.11. The van der Waals surface area contributed by atoms with Gasteiger partial charge in [0.15, 0.2) is 0 Å². The van der Waals surface area contributed by atoms with E-state index in [1.165, 1.54) is 32.1 Å². The number of rotatable bonds is 3. The number of hydrogen-bond acceptors (Lipinski definition) is 4. The lowest BCUT2D eigenvalue weighted by Gasteiger charge is -2.21. The van der Waals surface area contributed by atoms with Crippen LogP contribution in [0.4, 0.5) is 11.6 Å². The maximum Gasteiger partial charge on any atom is 0.146 e. The van der Waals surface area contributed by atoms with Crippen LogP contribution in [0.2, 0.25) is 0 Å². The minimum Gasteiger partial charge on any atom is -0.382 e. The minimum atomic E-state index is 0.476. The molecule has 0 radical (unpaired) electrons. The number of nitrogens with two attached hydrogens (primary N) is 1. The molecule has 0 spiro atoms. The Bertz CT molecular complexity index is 307. The van der Waals surface area contributed by atoms with Crippen molar-refractivity contribution in [1.82, 2.24) is 9.97 Å². The second-order valence-electron chi connectivity index (χ2n) is 4.21. The van der Waals surface area contributed by atoms with E-state index in [1.54, 1.807) is 12.4 Å². The highest BCUT2D eigenvalue weighted by atomic mass is 15.0. The zero-order chi connectivity index (χ0) is 10.5. The summed E-state index contributed by atoms with van der Waals surface area (Å²) in [7, 11) is 0. The van der Waals surface area contributed by atoms with Crippen LogP contribution in [0.3, 0.4) is 0 Å². The van der Waals surface area contributed by atoms with Crippen molar-refractivity contribution in [1.29, 1.82) is 0 Å². The molecule has 1 aromatic rings. The lowest BCUT2D eigenvalue weighted by molar-refractivity contribution is 0.373. The number of aromatic nitrogens is 2. The first-order chi connectivity index (χ1) is 7.34. The van der Waals surface area contributed by atoms with E-state index in [1.807, 2.05) is 0 Å². The van der Waals surface area contributed by atoms with Crippen LogP contribution in [0.25, 0.3) is 0 Å². The molecule has 1 aliphatic rings. The molecule has 15 heavy (non-hydrogen) atoms. The SMILES string of the molecule is Nc1cncc(NCC2CCCCC2)n1. The summed E-state index contributed by atoms with van der Waals surface area (Å²) >= 11 is 0. The molecule has 1 fully saturated rings. The molecule has 1 saturated carbocycles. The Morgan fingerprint density at radius 2 is 2.07 bits per heavy atom. The molecule has 0 bridgehead atoms. The maximum atomic E-state index is 5.55. The monoisotopic (exact) mass is 206 g/mol. The van der Waals surface area contributed by atoms with E-state index < -0.39 is 0 Å². The normalized spacial score (nSPS) is 17.6. The lowest BCUT2D eigenvalue weighted by atomic mass is 9.89. The molecule has 4 heteroatoms. The molecule has 1 heterocycles. The van der Waals surface area contributed by atoms with Gasteiger partial charge in [-0.25, -0.2) is 4.98 Å². The van der Waals surface area contributed by atoms with Gasteiger partial charge in [0.05, 0.1) is 12.4 Å². The molecule has 0 atom stereocenters. The van der Waals surface area contributed by atoms with Gasteiger partial charge in [0.2, 0.25) is 0 Å². The topological polar surface area (TPSA) is 63.8 Å². The van der Waals surface area contributed by atoms with Crippen molar-refractivity contribution < 1.29 is 0 Å². The van der Waals surface area contributed by atoms with Crippen molar-refractivity contribution in [3.8, 4) is 0 Å². The number of nitrogens with one attached hydrogen (secondary N) is 1. The van der Waals surface area contributed by atoms with Gasteiger partial charge in [0, 0.05) is 6.54 Å². The van der Waals surface area contributed by atoms with Crippen molar-refractivity contribution in [2.45, 2.75) is 32.1 Å². The Balaban J connectivity index is 1.81. The van der Waals surface area contributed by atoms with E-state index in [0.717, 1.165) is 18.3 Å². The number of hydrogen-bond donors (Lipinski definition) is 2. The van der Waals surface area contributed by atoms with Gasteiger partial charge in [0.25, 0.3) is 0 Å². The van der Waals surface area contributed by atoms with Gasteiger partial charge in [-0.1, -0.05) is 19.3 Å². The van der Waals surface area contributed by atoms with Gasteiger partial charge >= 0.3 is 0 Å². The Kier molecular flexibility index (Phi) is 3.37. The molecule has 0 amide bonds. The molecule has 2 rings (SSSR count). The van der Waals surface area contributed by atoms with Crippen molar-refractivity contribution in [3.63, 3.8) is 0 Å². The highest BCUT2D eigenvalue weighted by molar-refractivity contribution is 5.38. The van der Waals surface area contributed by atoms with Gasteiger partial charge in [-0.2, -0.15) is 0 Å². The molecule has 0 aliphatic heterocycles. The Morgan fingerprint density at radius 1 is 1.27 bits per heavy atom. The summed E-state index contributed by atoms with van der Waals surface area (Å²) in [5.41, 5.74) is 5.55. The first-order valence-electron chi connectivity index (χ1n) is 5.66. The zero-order valence-corrected chi connectivity index (χ0v) is 8.95. The minimum absolute atomic E-state index is 0.476. The van der Waals surface area contributed by atoms with Crippen LogP contribution in [0.1, 0.15) is 32.1 Å². The van der Waals surface area contributed by atoms with Crippen molar-refractivity contribution in [2.75, 3.05) is 17.6 Å². The van der Waals surface area contributed by atoms with Crippen molar-refractivity contribution >= 4 is 11.6 Å². The van der Waals surface area contributed by atoms with Gasteiger partial charge in [-0.05, 0) is 18.8 Å². The first kappa shape index (κ1) is 10.2. The molecule has 82 valence electrons. The molecule has 1 aliphatic carbocycles. The highest BCUT2D eigenvalue weighted by Crippen LogP contribution is 2.23. The van der Waals surface area contributed by atoms with E-state index in [2.05, 4.69) is 15.3 Å². The quantitative estimate of drug-likeness (QED) is 0.794. The number of anilines is 2. The van der Waals surface area contributed by atoms with E-state index in [9.17, 15) is 0 Å². The second kappa shape index (κ2) is 4.96. The summed E-state index contributed by atoms with van der Waals surface area (Å²) in [4.78, 5) is 8.16. The molecule has 4 nitrogen and oxygen atoms in total. The van der Waals surface area contributed by atoms with Crippen LogP contribution in [0.5, 0.6) is 0 Å². The third kappa shape index (κ3) is 3.08. The van der Waals surface area contributed by atoms with E-state index >= 15 is 0 Å². The van der Waals surface area contributed by atoms with E-state index in [0.29, 0.717) is 5.82 Å². The fourth-order valence-corrected chi connectivity index (χ4v) is 2.11. The van der Waals surface area contributed by atoms with Crippen LogP contribution in [0, 0.1) is 5.92 Å². The van der Waals surface area contributed by atoms with Crippen molar-refractivity contribution in [3.05, 3.63) is 12.4 Å². The average Bonchev–Trinajstić information content (AvgIpc) is 2.28. The van der Waals surface area contributed by atoms with Crippen molar-refractivity contribution in [2.24, 2.45) is 5.92 Å². The summed E-state index contributed by atoms with van der Waals surface area (Å²) in [6.45, 7) is 0.998. The Labute approximate surface area is 90.3 Å². The summed E-state index contributed by atoms with van der Waals surface area (Å²) in [6, 6.07) is 0. The van der Waals surface area contributed by atoms with Crippen LogP contribution in [-0.2, 0) is 0 Å². The largest absolute Gasteiger partial charge is 0.382 e. The predicted molar refractivity (Wildman–Crippen MR) is 61.5 cm³/mol. The smallest absolute Gasteiger partial charge is 0.146 e. The molecule has 0 aromatic carbocycles. The van der Waals surface area contributed by atoms with Crippen LogP contribution < -0.4 is 11.1 Å². The lowest BCUT2D eigenvalue weighted by Crippen LogP contribution is -2.17. The highest BCUT2D eigenvalue weighted by Gasteiger charge is 2.12. The van der Waals surface area contributed by atoms with Crippen LogP contribution in [0.15, 0.2) is 12.4 Å². The van der Waals surface area contributed by atoms with E-state index in [4.69, 9.17) is 5.73 Å². The number of nitrogens with zero attached hydrogens (tertiary/aromatic N) is 2. The molecule has 0 saturated heterocycles. The third-order valence-corrected chi connectivity index (χ3v) is 2.95. The number of nitrogen functional groups attached to an aromatic ring is 1. The van der Waals surface area contributed by atoms with Gasteiger partial charge < -0.3 is 11.1 Å². The molecular weight excluding hydrogens is 188 g/mol. The second-order valence-corrected chi connectivity index (χ2v) is 4.21. The predicted octanol–water partition coefficient (Wildman–Crippen LogP) is 2.05. The molecular formula is C11H18N4. The maximum absolute atomic E-state index is 5.55. The first-order valence-corrected chi connectivity index (χ1v) is 5.66. The van der Waals surface area contributed by atoms with Gasteiger partial charge in [-0.3, -0.25) is 4.98 Å². The zero-order valence-electron chi connectivity index (χ0n) is 8.95. The van der Waals surface area contributed by atoms with Crippen LogP contribution >= 0.6 is 0 Å². The Morgan fingerprint density at radius 3 is 2.80 bits per heavy atom. The van der Waals surface area contributed by atoms with Gasteiger partial charge in [-0.15, -0.1) is 0 Å². The molecule has 1 aromatic heterocycles. The fraction of sp³-hybridized carbons (Fsp3) is 0.636. The average molecular weight is 206 g/mol.